The molecule has 0 radical (unpaired) electrons. The van der Waals surface area contributed by atoms with Crippen molar-refractivity contribution in [3.8, 4) is 0 Å². The summed E-state index contributed by atoms with van der Waals surface area (Å²) in [7, 11) is 0. The molecular weight excluding hydrogens is 230 g/mol. The number of nitrogens with zero attached hydrogens (tertiary/aromatic N) is 1. The van der Waals surface area contributed by atoms with E-state index in [4.69, 9.17) is 5.11 Å². The number of carboxylic acid groups (broad SMARTS) is 1. The Labute approximate surface area is 107 Å². The molecule has 0 heterocycles. The highest BCUT2D eigenvalue weighted by molar-refractivity contribution is 5.80. The minimum Gasteiger partial charge on any atom is -0.480 e. The van der Waals surface area contributed by atoms with E-state index in [0.717, 1.165) is 11.8 Å². The first-order valence-electron chi connectivity index (χ1n) is 7.03. The lowest BCUT2D eigenvalue weighted by molar-refractivity contribution is -0.152. The zero-order valence-electron chi connectivity index (χ0n) is 10.8. The molecule has 0 saturated heterocycles. The first kappa shape index (κ1) is 12.0. The van der Waals surface area contributed by atoms with E-state index in [1.54, 1.807) is 4.90 Å². The van der Waals surface area contributed by atoms with Crippen LogP contribution < -0.4 is 0 Å². The molecule has 4 aliphatic carbocycles. The van der Waals surface area contributed by atoms with Crippen molar-refractivity contribution in [1.29, 1.82) is 0 Å². The summed E-state index contributed by atoms with van der Waals surface area (Å²) < 4.78 is 0. The lowest BCUT2D eigenvalue weighted by Crippen LogP contribution is -2.58. The molecule has 0 spiro atoms. The van der Waals surface area contributed by atoms with Crippen LogP contribution in [0.1, 0.15) is 39.0 Å². The quantitative estimate of drug-likeness (QED) is 0.831. The van der Waals surface area contributed by atoms with E-state index in [-0.39, 0.29) is 18.5 Å². The maximum atomic E-state index is 11.8. The molecule has 4 nitrogen and oxygen atoms in total. The molecule has 0 aromatic heterocycles. The normalized spacial score (nSPS) is 40.8. The molecule has 0 atom stereocenters. The number of amides is 1. The van der Waals surface area contributed by atoms with Crippen molar-refractivity contribution in [2.45, 2.75) is 45.1 Å². The standard InChI is InChI=1S/C14H21NO3/c1-8(16)15(7-13(17)18)14-11-3-9-2-10(5-11)6-12(14)4-9/h9-12,14H,2-7H2,1H3,(H,17,18). The number of carboxylic acids is 1. The van der Waals surface area contributed by atoms with Crippen molar-refractivity contribution in [3.05, 3.63) is 0 Å². The number of carbonyl (C=O) groups excluding carboxylic acids is 1. The van der Waals surface area contributed by atoms with E-state index in [1.807, 2.05) is 0 Å². The highest BCUT2D eigenvalue weighted by Gasteiger charge is 2.50. The number of hydrogen-bond donors (Lipinski definition) is 1. The number of rotatable bonds is 3. The molecule has 100 valence electrons. The Bertz CT molecular complexity index is 351. The van der Waals surface area contributed by atoms with Crippen LogP contribution in [-0.4, -0.2) is 34.5 Å². The summed E-state index contributed by atoms with van der Waals surface area (Å²) in [6, 6.07) is 0.200. The Morgan fingerprint density at radius 2 is 1.56 bits per heavy atom. The summed E-state index contributed by atoms with van der Waals surface area (Å²) in [5.74, 6) is 1.85. The fraction of sp³-hybridized carbons (Fsp3) is 0.857. The summed E-state index contributed by atoms with van der Waals surface area (Å²) in [6.45, 7) is 1.39. The zero-order chi connectivity index (χ0) is 12.9. The molecule has 0 unspecified atom stereocenters. The first-order valence-corrected chi connectivity index (χ1v) is 7.03. The van der Waals surface area contributed by atoms with Crippen LogP contribution in [0.2, 0.25) is 0 Å². The fourth-order valence-corrected chi connectivity index (χ4v) is 4.98. The van der Waals surface area contributed by atoms with E-state index in [1.165, 1.54) is 39.0 Å². The van der Waals surface area contributed by atoms with Gasteiger partial charge in [-0.15, -0.1) is 0 Å². The fourth-order valence-electron chi connectivity index (χ4n) is 4.98. The molecule has 4 heteroatoms. The van der Waals surface area contributed by atoms with Gasteiger partial charge in [0.05, 0.1) is 0 Å². The van der Waals surface area contributed by atoms with Crippen LogP contribution in [0.4, 0.5) is 0 Å². The molecule has 18 heavy (non-hydrogen) atoms. The molecule has 1 N–H and O–H groups in total. The molecule has 4 bridgehead atoms. The van der Waals surface area contributed by atoms with Gasteiger partial charge in [0.2, 0.25) is 5.91 Å². The van der Waals surface area contributed by atoms with Gasteiger partial charge in [-0.1, -0.05) is 0 Å². The molecular formula is C14H21NO3. The van der Waals surface area contributed by atoms with Crippen LogP contribution in [-0.2, 0) is 9.59 Å². The molecule has 4 rings (SSSR count). The van der Waals surface area contributed by atoms with E-state index in [0.29, 0.717) is 11.8 Å². The van der Waals surface area contributed by atoms with Crippen molar-refractivity contribution in [2.75, 3.05) is 6.54 Å². The lowest BCUT2D eigenvalue weighted by Gasteiger charge is -2.56. The van der Waals surface area contributed by atoms with Crippen LogP contribution in [0.15, 0.2) is 0 Å². The third-order valence-electron chi connectivity index (χ3n) is 5.25. The third kappa shape index (κ3) is 1.91. The van der Waals surface area contributed by atoms with Crippen molar-refractivity contribution >= 4 is 11.9 Å². The van der Waals surface area contributed by atoms with Gasteiger partial charge in [-0.25, -0.2) is 0 Å². The van der Waals surface area contributed by atoms with E-state index in [2.05, 4.69) is 0 Å². The Balaban J connectivity index is 1.81. The predicted molar refractivity (Wildman–Crippen MR) is 65.9 cm³/mol. The topological polar surface area (TPSA) is 57.6 Å². The second-order valence-corrected chi connectivity index (χ2v) is 6.46. The van der Waals surface area contributed by atoms with Crippen LogP contribution in [0.3, 0.4) is 0 Å². The van der Waals surface area contributed by atoms with Gasteiger partial charge in [0.15, 0.2) is 0 Å². The predicted octanol–water partition coefficient (Wildman–Crippen LogP) is 1.74. The van der Waals surface area contributed by atoms with Gasteiger partial charge in [-0.2, -0.15) is 0 Å². The second-order valence-electron chi connectivity index (χ2n) is 6.46. The molecule has 0 aliphatic heterocycles. The van der Waals surface area contributed by atoms with Crippen LogP contribution in [0, 0.1) is 23.7 Å². The average Bonchev–Trinajstić information content (AvgIpc) is 2.25. The maximum absolute atomic E-state index is 11.8. The Morgan fingerprint density at radius 1 is 1.06 bits per heavy atom. The zero-order valence-corrected chi connectivity index (χ0v) is 10.8. The largest absolute Gasteiger partial charge is 0.480 e. The van der Waals surface area contributed by atoms with Gasteiger partial charge < -0.3 is 10.0 Å². The average molecular weight is 251 g/mol. The summed E-state index contributed by atoms with van der Waals surface area (Å²) >= 11 is 0. The first-order chi connectivity index (χ1) is 8.54. The SMILES string of the molecule is CC(=O)N(CC(=O)O)C1C2CC3CC(C2)CC1C3. The van der Waals surface area contributed by atoms with Crippen molar-refractivity contribution < 1.29 is 14.7 Å². The van der Waals surface area contributed by atoms with Crippen molar-refractivity contribution in [2.24, 2.45) is 23.7 Å². The monoisotopic (exact) mass is 251 g/mol. The minimum atomic E-state index is -0.890. The van der Waals surface area contributed by atoms with Crippen LogP contribution in [0.25, 0.3) is 0 Å². The Hall–Kier alpha value is -1.06. The maximum Gasteiger partial charge on any atom is 0.323 e. The van der Waals surface area contributed by atoms with Gasteiger partial charge in [0.1, 0.15) is 6.54 Å². The summed E-state index contributed by atoms with van der Waals surface area (Å²) in [5.41, 5.74) is 0. The highest BCUT2D eigenvalue weighted by Crippen LogP contribution is 2.55. The molecule has 4 saturated carbocycles. The van der Waals surface area contributed by atoms with E-state index >= 15 is 0 Å². The smallest absolute Gasteiger partial charge is 0.323 e. The van der Waals surface area contributed by atoms with E-state index < -0.39 is 5.97 Å². The van der Waals surface area contributed by atoms with Crippen molar-refractivity contribution in [3.63, 3.8) is 0 Å². The number of hydrogen-bond acceptors (Lipinski definition) is 2. The van der Waals surface area contributed by atoms with Crippen LogP contribution in [0.5, 0.6) is 0 Å². The lowest BCUT2D eigenvalue weighted by atomic mass is 9.54. The summed E-state index contributed by atoms with van der Waals surface area (Å²) in [6.07, 6.45) is 6.21. The van der Waals surface area contributed by atoms with Gasteiger partial charge in [0.25, 0.3) is 0 Å². The second kappa shape index (κ2) is 4.25. The summed E-state index contributed by atoms with van der Waals surface area (Å²) in [4.78, 5) is 24.4. The summed E-state index contributed by atoms with van der Waals surface area (Å²) in [5, 5.41) is 8.99. The number of aliphatic carboxylic acids is 1. The van der Waals surface area contributed by atoms with E-state index in [9.17, 15) is 9.59 Å². The molecule has 4 aliphatic rings. The van der Waals surface area contributed by atoms with Gasteiger partial charge >= 0.3 is 5.97 Å². The van der Waals surface area contributed by atoms with Crippen molar-refractivity contribution in [1.82, 2.24) is 4.90 Å². The molecule has 1 amide bonds. The number of carbonyl (C=O) groups is 2. The third-order valence-corrected chi connectivity index (χ3v) is 5.25. The molecule has 0 aromatic rings. The highest BCUT2D eigenvalue weighted by atomic mass is 16.4. The van der Waals surface area contributed by atoms with Gasteiger partial charge in [0, 0.05) is 13.0 Å². The Morgan fingerprint density at radius 3 is 1.94 bits per heavy atom. The van der Waals surface area contributed by atoms with Gasteiger partial charge in [-0.3, -0.25) is 9.59 Å². The molecule has 4 fully saturated rings. The van der Waals surface area contributed by atoms with Gasteiger partial charge in [-0.05, 0) is 55.8 Å². The minimum absolute atomic E-state index is 0.0742. The molecule has 0 aromatic carbocycles. The van der Waals surface area contributed by atoms with Crippen LogP contribution >= 0.6 is 0 Å². The Kier molecular flexibility index (Phi) is 2.83.